The molecule has 8 heterocycles. The van der Waals surface area contributed by atoms with E-state index in [2.05, 4.69) is 52.3 Å². The van der Waals surface area contributed by atoms with E-state index in [1.165, 1.54) is 14.5 Å². The molecular weight excluding hydrogens is 1520 g/mol. The first-order valence-electron chi connectivity index (χ1n) is 40.4. The maximum absolute atomic E-state index is 15.5. The first-order chi connectivity index (χ1) is 56.1. The van der Waals surface area contributed by atoms with Gasteiger partial charge in [-0.25, -0.2) is 17.9 Å². The lowest BCUT2D eigenvalue weighted by molar-refractivity contribution is -0.145. The Bertz CT molecular complexity index is 4910. The minimum atomic E-state index is -4.13. The summed E-state index contributed by atoms with van der Waals surface area (Å²) in [6, 6.07) is 30.0. The Balaban J connectivity index is 0.867. The van der Waals surface area contributed by atoms with Crippen molar-refractivity contribution >= 4 is 90.5 Å². The van der Waals surface area contributed by atoms with E-state index in [4.69, 9.17) is 14.2 Å². The summed E-state index contributed by atoms with van der Waals surface area (Å²) in [6.07, 6.45) is 5.17. The molecule has 7 aliphatic heterocycles. The van der Waals surface area contributed by atoms with E-state index in [-0.39, 0.29) is 89.6 Å². The number of likely N-dealkylation sites (tertiary alicyclic amines) is 2. The molecule has 1 aliphatic carbocycles. The fourth-order valence-corrected chi connectivity index (χ4v) is 17.1. The standard InChI is InChI=1S/C87H107N13O16S/c1-52(88-6)76(101)47-70(60-32-34-90-35-33-60)84(108)99-50-68-46-75(99)83(107)91-71(42-56-18-24-58-14-8-10-16-61(58)39-56)77(102)44-63(80(104)96-117(112,113)69-30-31-69)38-54-20-28-67(29-21-54)116-51-64-48-100(97-95-64)65-45-74(98(49-65)85(109)78(87(3,4)5)94-79(103)53(2)89-7)82(106)92-72(43-57-19-25-59-15-9-11-17-62(59)40-57)81(105)93-73(86(110)111)41-55-22-26-66(27-23-55)114-36-12-13-37-115-68/h8-29,39-40,48,52-53,60,63,65,68-75,78,88-90H,30-38,41-47,49-51H2,1-7H3,(H,91,107)(H,92,106)(H,93,105)(H,94,103)(H,96,104)(H,110,111)/b13-12+/t52-,53-,63+,65-,68-,70-,71-,72-,73-,74-,75-,78+/m0/s1. The normalized spacial score (nSPS) is 23.3. The third-order valence-corrected chi connectivity index (χ3v) is 24.9. The van der Waals surface area contributed by atoms with Crippen molar-refractivity contribution in [3.8, 4) is 11.5 Å². The number of nitrogens with zero attached hydrogens (tertiary/aromatic N) is 5. The SMILES string of the molecule is CN[C@@H](C)C(=O)C[C@H](C(=O)N1C[C@@H]2C[C@H]1C(=O)N[C@@H](Cc1ccc3ccccc3c1)C(=O)C[C@H](C(=O)NS(=O)(=O)C1CC1)Cc1ccc(cc1)OCc1cn(nn1)[C@H]1C[C@@H](C(=O)N[C@@H](Cc3ccc4ccccc4c3)C(=O)N[C@H](C(=O)O)Cc3ccc(cc3)OC/C=C/CO2)N(C(=O)[C@@H](NC(=O)[C@H](C)NC)C(C)(C)C)C1)C1CCNCC1. The molecule has 1 saturated carbocycles. The van der Waals surface area contributed by atoms with Crippen LogP contribution < -0.4 is 51.4 Å². The second kappa shape index (κ2) is 38.5. The number of aromatic nitrogens is 3. The fraction of sp³-hybridized carbons (Fsp3) is 0.471. The van der Waals surface area contributed by atoms with Crippen LogP contribution in [-0.4, -0.2) is 210 Å². The van der Waals surface area contributed by atoms with Crippen molar-refractivity contribution in [2.75, 3.05) is 53.5 Å². The second-order valence-electron chi connectivity index (χ2n) is 32.6. The number of fused-ring (bicyclic) bond motifs is 2. The summed E-state index contributed by atoms with van der Waals surface area (Å²) < 4.78 is 49.8. The third kappa shape index (κ3) is 22.3. The van der Waals surface area contributed by atoms with E-state index in [9.17, 15) is 37.5 Å². The van der Waals surface area contributed by atoms with Gasteiger partial charge in [-0.1, -0.05) is 141 Å². The lowest BCUT2D eigenvalue weighted by atomic mass is 9.80. The van der Waals surface area contributed by atoms with E-state index in [0.29, 0.717) is 78.2 Å². The number of nitrogens with one attached hydrogen (secondary N) is 8. The van der Waals surface area contributed by atoms with Crippen molar-refractivity contribution in [1.82, 2.24) is 66.7 Å². The molecule has 30 heteroatoms. The molecule has 7 amide bonds. The molecule has 3 saturated heterocycles. The molecule has 12 atom stereocenters. The Morgan fingerprint density at radius 1 is 0.632 bits per heavy atom. The zero-order valence-electron chi connectivity index (χ0n) is 67.2. The molecule has 1 aromatic heterocycles. The highest BCUT2D eigenvalue weighted by Gasteiger charge is 2.49. The van der Waals surface area contributed by atoms with Gasteiger partial charge < -0.3 is 66.3 Å². The van der Waals surface area contributed by atoms with Crippen LogP contribution in [0.5, 0.6) is 11.5 Å². The summed E-state index contributed by atoms with van der Waals surface area (Å²) in [6.45, 7) is 9.79. The topological polar surface area (TPSA) is 386 Å². The Hall–Kier alpha value is -10.8. The first-order valence-corrected chi connectivity index (χ1v) is 41.9. The number of piperidine rings is 1. The fourth-order valence-electron chi connectivity index (χ4n) is 15.7. The number of amides is 7. The summed E-state index contributed by atoms with van der Waals surface area (Å²) in [7, 11) is -0.850. The number of ketones is 2. The van der Waals surface area contributed by atoms with Crippen molar-refractivity contribution in [2.45, 2.75) is 184 Å². The van der Waals surface area contributed by atoms with E-state index in [1.807, 2.05) is 84.9 Å². The Morgan fingerprint density at radius 2 is 1.21 bits per heavy atom. The highest BCUT2D eigenvalue weighted by Crippen LogP contribution is 2.36. The van der Waals surface area contributed by atoms with Gasteiger partial charge in [0.25, 0.3) is 0 Å². The van der Waals surface area contributed by atoms with Crippen LogP contribution in [0.2, 0.25) is 0 Å². The largest absolute Gasteiger partial charge is 0.490 e. The molecule has 10 bridgehead atoms. The van der Waals surface area contributed by atoms with Gasteiger partial charge in [0.2, 0.25) is 51.4 Å². The van der Waals surface area contributed by atoms with E-state index < -0.39 is 153 Å². The number of carbonyl (C=O) groups excluding carboxylic acids is 9. The van der Waals surface area contributed by atoms with E-state index >= 15 is 24.0 Å². The number of sulfonamides is 1. The van der Waals surface area contributed by atoms with Crippen LogP contribution in [0.4, 0.5) is 0 Å². The Morgan fingerprint density at radius 3 is 1.81 bits per heavy atom. The number of rotatable bonds is 18. The molecule has 0 unspecified atom stereocenters. The summed E-state index contributed by atoms with van der Waals surface area (Å²) >= 11 is 0. The van der Waals surface area contributed by atoms with Gasteiger partial charge in [0.15, 0.2) is 5.78 Å². The van der Waals surface area contributed by atoms with Gasteiger partial charge in [0.1, 0.15) is 66.4 Å². The number of likely N-dealkylation sites (N-methyl/N-ethyl adjacent to an activating group) is 2. The molecule has 117 heavy (non-hydrogen) atoms. The van der Waals surface area contributed by atoms with Gasteiger partial charge in [0.05, 0.1) is 48.3 Å². The van der Waals surface area contributed by atoms with Gasteiger partial charge in [0, 0.05) is 63.5 Å². The van der Waals surface area contributed by atoms with Crippen LogP contribution in [0.15, 0.2) is 152 Å². The molecule has 4 fully saturated rings. The predicted molar refractivity (Wildman–Crippen MR) is 437 cm³/mol. The maximum atomic E-state index is 15.5. The molecule has 9 N–H and O–H groups in total. The van der Waals surface area contributed by atoms with E-state index in [1.54, 1.807) is 116 Å². The lowest BCUT2D eigenvalue weighted by Gasteiger charge is -2.36. The average Bonchev–Trinajstić information content (AvgIpc) is 1.68. The van der Waals surface area contributed by atoms with Gasteiger partial charge >= 0.3 is 5.97 Å². The number of carboxylic acid groups (broad SMARTS) is 1. The molecule has 0 radical (unpaired) electrons. The summed E-state index contributed by atoms with van der Waals surface area (Å²) in [5, 5.41) is 43.2. The van der Waals surface area contributed by atoms with Crippen molar-refractivity contribution in [2.24, 2.45) is 23.2 Å². The second-order valence-corrected chi connectivity index (χ2v) is 34.6. The maximum Gasteiger partial charge on any atom is 0.326 e. The number of hydrogen-bond donors (Lipinski definition) is 9. The first kappa shape index (κ1) is 85.6. The average molecular weight is 1620 g/mol. The van der Waals surface area contributed by atoms with Crippen LogP contribution >= 0.6 is 0 Å². The number of benzene rings is 6. The van der Waals surface area contributed by atoms with Gasteiger partial charge in [-0.05, 0) is 165 Å². The van der Waals surface area contributed by atoms with Crippen LogP contribution in [0, 0.1) is 23.2 Å². The van der Waals surface area contributed by atoms with Gasteiger partial charge in [-0.15, -0.1) is 5.10 Å². The molecular formula is C87H107N13O16S. The molecule has 15 rings (SSSR count). The number of carboxylic acids is 1. The molecule has 622 valence electrons. The van der Waals surface area contributed by atoms with Crippen LogP contribution in [-0.2, 0) is 95.0 Å². The number of hydrogen-bond acceptors (Lipinski definition) is 20. The quantitative estimate of drug-likeness (QED) is 0.0475. The number of carbonyl (C=O) groups is 10. The van der Waals surface area contributed by atoms with Crippen molar-refractivity contribution in [1.29, 1.82) is 0 Å². The lowest BCUT2D eigenvalue weighted by Crippen LogP contribution is -2.60. The smallest absolute Gasteiger partial charge is 0.326 e. The number of aliphatic carboxylic acids is 1. The van der Waals surface area contributed by atoms with Crippen LogP contribution in [0.1, 0.15) is 120 Å². The summed E-state index contributed by atoms with van der Waals surface area (Å²) in [4.78, 5) is 150. The van der Waals surface area contributed by atoms with Crippen LogP contribution in [0.3, 0.4) is 0 Å². The Kier molecular flexibility index (Phi) is 28.2. The van der Waals surface area contributed by atoms with Crippen LogP contribution in [0.25, 0.3) is 21.5 Å². The highest BCUT2D eigenvalue weighted by molar-refractivity contribution is 7.90. The minimum Gasteiger partial charge on any atom is -0.490 e. The zero-order chi connectivity index (χ0) is 83.2. The van der Waals surface area contributed by atoms with Crippen molar-refractivity contribution in [3.63, 3.8) is 0 Å². The van der Waals surface area contributed by atoms with Gasteiger partial charge in [-0.2, -0.15) is 0 Å². The zero-order valence-corrected chi connectivity index (χ0v) is 68.0. The molecule has 8 aliphatic rings. The molecule has 7 aromatic rings. The molecule has 29 nitrogen and oxygen atoms in total. The minimum absolute atomic E-state index is 0.00626. The molecule has 6 aromatic carbocycles. The molecule has 0 spiro atoms. The van der Waals surface area contributed by atoms with E-state index in [0.717, 1.165) is 21.5 Å². The van der Waals surface area contributed by atoms with Gasteiger partial charge in [-0.3, -0.25) is 47.9 Å². The van der Waals surface area contributed by atoms with Crippen molar-refractivity contribution < 1.29 is 75.7 Å². The monoisotopic (exact) mass is 1620 g/mol. The van der Waals surface area contributed by atoms with Crippen molar-refractivity contribution in [3.05, 3.63) is 180 Å². The number of ether oxygens (including phenoxy) is 3. The summed E-state index contributed by atoms with van der Waals surface area (Å²) in [5.41, 5.74) is 1.80. The Labute approximate surface area is 681 Å². The predicted octanol–water partition coefficient (Wildman–Crippen LogP) is 5.56. The summed E-state index contributed by atoms with van der Waals surface area (Å²) in [5.74, 6) is -8.19. The third-order valence-electron chi connectivity index (χ3n) is 23.1. The highest BCUT2D eigenvalue weighted by atomic mass is 32.2. The number of Topliss-reactive ketones (excluding diaryl/α,β-unsaturated/α-hetero) is 2.